The van der Waals surface area contributed by atoms with E-state index in [9.17, 15) is 9.59 Å². The monoisotopic (exact) mass is 344 g/mol. The molecule has 1 fully saturated rings. The molecule has 2 aromatic rings. The molecule has 0 saturated carbocycles. The molecule has 7 heteroatoms. The van der Waals surface area contributed by atoms with Gasteiger partial charge in [-0.25, -0.2) is 0 Å². The van der Waals surface area contributed by atoms with Crippen LogP contribution in [0.5, 0.6) is 11.5 Å². The molecule has 6 nitrogen and oxygen atoms in total. The van der Waals surface area contributed by atoms with Gasteiger partial charge in [0.25, 0.3) is 5.91 Å². The van der Waals surface area contributed by atoms with E-state index in [0.29, 0.717) is 35.9 Å². The van der Waals surface area contributed by atoms with Crippen molar-refractivity contribution in [3.63, 3.8) is 0 Å². The number of hydrogen-bond acceptors (Lipinski definition) is 5. The Kier molecular flexibility index (Phi) is 3.86. The highest BCUT2D eigenvalue weighted by molar-refractivity contribution is 7.12. The van der Waals surface area contributed by atoms with Crippen molar-refractivity contribution in [2.45, 2.75) is 6.42 Å². The van der Waals surface area contributed by atoms with Gasteiger partial charge in [0.05, 0.1) is 4.88 Å². The highest BCUT2D eigenvalue weighted by Gasteiger charge is 2.31. The molecule has 124 valence electrons. The number of thiophene rings is 1. The van der Waals surface area contributed by atoms with Crippen LogP contribution in [0, 0.1) is 5.92 Å². The molecule has 4 rings (SSSR count). The molecule has 3 heterocycles. The van der Waals surface area contributed by atoms with Crippen LogP contribution in [-0.4, -0.2) is 31.7 Å². The normalized spacial score (nSPS) is 18.9. The summed E-state index contributed by atoms with van der Waals surface area (Å²) in [7, 11) is 0. The van der Waals surface area contributed by atoms with Crippen LogP contribution < -0.4 is 19.7 Å². The quantitative estimate of drug-likeness (QED) is 0.924. The first-order valence-corrected chi connectivity index (χ1v) is 8.60. The standard InChI is InChI=1S/C17H16N2O4S/c20-16-6-11(8-18-17(21)15-2-1-5-24-15)9-19(16)12-3-4-13-14(7-12)23-10-22-13/h1-5,7,11H,6,8-10H2,(H,18,21). The number of nitrogens with one attached hydrogen (secondary N) is 1. The van der Waals surface area contributed by atoms with Gasteiger partial charge in [-0.15, -0.1) is 11.3 Å². The Hall–Kier alpha value is -2.54. The molecule has 2 aliphatic heterocycles. The zero-order chi connectivity index (χ0) is 16.5. The molecule has 1 atom stereocenters. The lowest BCUT2D eigenvalue weighted by molar-refractivity contribution is -0.117. The third-order valence-corrected chi connectivity index (χ3v) is 5.04. The lowest BCUT2D eigenvalue weighted by Gasteiger charge is -2.17. The van der Waals surface area contributed by atoms with Gasteiger partial charge >= 0.3 is 0 Å². The second-order valence-electron chi connectivity index (χ2n) is 5.80. The number of anilines is 1. The molecule has 1 saturated heterocycles. The number of fused-ring (bicyclic) bond motifs is 1. The molecular formula is C17H16N2O4S. The van der Waals surface area contributed by atoms with Crippen molar-refractivity contribution in [1.82, 2.24) is 5.32 Å². The summed E-state index contributed by atoms with van der Waals surface area (Å²) in [6.45, 7) is 1.29. The Morgan fingerprint density at radius 3 is 3.00 bits per heavy atom. The van der Waals surface area contributed by atoms with Crippen LogP contribution in [0.2, 0.25) is 0 Å². The van der Waals surface area contributed by atoms with Crippen molar-refractivity contribution >= 4 is 28.8 Å². The molecule has 1 unspecified atom stereocenters. The predicted octanol–water partition coefficient (Wildman–Crippen LogP) is 2.26. The van der Waals surface area contributed by atoms with E-state index in [1.165, 1.54) is 11.3 Å². The SMILES string of the molecule is O=C(NCC1CC(=O)N(c2ccc3c(c2)OCO3)C1)c1cccs1. The third-order valence-electron chi connectivity index (χ3n) is 4.17. The van der Waals surface area contributed by atoms with Gasteiger partial charge in [0.15, 0.2) is 11.5 Å². The number of rotatable bonds is 4. The number of benzene rings is 1. The zero-order valence-electron chi connectivity index (χ0n) is 12.9. The van der Waals surface area contributed by atoms with E-state index in [0.717, 1.165) is 5.69 Å². The molecule has 2 amide bonds. The van der Waals surface area contributed by atoms with E-state index < -0.39 is 0 Å². The van der Waals surface area contributed by atoms with Crippen molar-refractivity contribution in [3.8, 4) is 11.5 Å². The van der Waals surface area contributed by atoms with Gasteiger partial charge in [0, 0.05) is 37.2 Å². The highest BCUT2D eigenvalue weighted by Crippen LogP contribution is 2.37. The van der Waals surface area contributed by atoms with E-state index in [-0.39, 0.29) is 24.5 Å². The molecule has 24 heavy (non-hydrogen) atoms. The Labute approximate surface area is 143 Å². The summed E-state index contributed by atoms with van der Waals surface area (Å²) in [5, 5.41) is 4.78. The van der Waals surface area contributed by atoms with Crippen LogP contribution in [0.25, 0.3) is 0 Å². The molecule has 0 spiro atoms. The first kappa shape index (κ1) is 15.0. The van der Waals surface area contributed by atoms with Crippen molar-refractivity contribution in [2.24, 2.45) is 5.92 Å². The average molecular weight is 344 g/mol. The van der Waals surface area contributed by atoms with Crippen LogP contribution in [0.1, 0.15) is 16.1 Å². The van der Waals surface area contributed by atoms with Gasteiger partial charge in [0.2, 0.25) is 12.7 Å². The lowest BCUT2D eigenvalue weighted by Crippen LogP contribution is -2.30. The predicted molar refractivity (Wildman–Crippen MR) is 89.7 cm³/mol. The van der Waals surface area contributed by atoms with Gasteiger partial charge < -0.3 is 19.7 Å². The summed E-state index contributed by atoms with van der Waals surface area (Å²) in [6.07, 6.45) is 0.430. The number of hydrogen-bond donors (Lipinski definition) is 1. The summed E-state index contributed by atoms with van der Waals surface area (Å²) in [4.78, 5) is 26.7. The van der Waals surface area contributed by atoms with Crippen LogP contribution in [0.3, 0.4) is 0 Å². The fourth-order valence-corrected chi connectivity index (χ4v) is 3.59. The van der Waals surface area contributed by atoms with Crippen molar-refractivity contribution < 1.29 is 19.1 Å². The van der Waals surface area contributed by atoms with Crippen molar-refractivity contribution in [2.75, 3.05) is 24.8 Å². The number of amides is 2. The largest absolute Gasteiger partial charge is 0.454 e. The summed E-state index contributed by atoms with van der Waals surface area (Å²) < 4.78 is 10.7. The van der Waals surface area contributed by atoms with Crippen LogP contribution in [0.4, 0.5) is 5.69 Å². The first-order valence-electron chi connectivity index (χ1n) is 7.72. The zero-order valence-corrected chi connectivity index (χ0v) is 13.7. The highest BCUT2D eigenvalue weighted by atomic mass is 32.1. The van der Waals surface area contributed by atoms with E-state index in [1.54, 1.807) is 11.0 Å². The molecule has 1 aromatic heterocycles. The van der Waals surface area contributed by atoms with Crippen molar-refractivity contribution in [1.29, 1.82) is 0 Å². The van der Waals surface area contributed by atoms with Gasteiger partial charge in [0.1, 0.15) is 0 Å². The maximum Gasteiger partial charge on any atom is 0.261 e. The van der Waals surface area contributed by atoms with Gasteiger partial charge in [-0.2, -0.15) is 0 Å². The van der Waals surface area contributed by atoms with Crippen molar-refractivity contribution in [3.05, 3.63) is 40.6 Å². The van der Waals surface area contributed by atoms with E-state index in [1.807, 2.05) is 29.6 Å². The smallest absolute Gasteiger partial charge is 0.261 e. The minimum absolute atomic E-state index is 0.0595. The topological polar surface area (TPSA) is 67.9 Å². The molecule has 0 bridgehead atoms. The second kappa shape index (κ2) is 6.16. The second-order valence-corrected chi connectivity index (χ2v) is 6.75. The summed E-state index contributed by atoms with van der Waals surface area (Å²) in [6, 6.07) is 9.14. The minimum atomic E-state index is -0.0843. The fraction of sp³-hybridized carbons (Fsp3) is 0.294. The first-order chi connectivity index (χ1) is 11.7. The van der Waals surface area contributed by atoms with E-state index in [2.05, 4.69) is 5.32 Å². The van der Waals surface area contributed by atoms with Crippen LogP contribution in [0.15, 0.2) is 35.7 Å². The minimum Gasteiger partial charge on any atom is -0.454 e. The lowest BCUT2D eigenvalue weighted by atomic mass is 10.1. The maximum absolute atomic E-state index is 12.3. The average Bonchev–Trinajstić information content (AvgIpc) is 3.32. The van der Waals surface area contributed by atoms with E-state index >= 15 is 0 Å². The Bertz CT molecular complexity index is 775. The Morgan fingerprint density at radius 2 is 2.17 bits per heavy atom. The molecule has 1 N–H and O–H groups in total. The number of ether oxygens (including phenoxy) is 2. The number of carbonyl (C=O) groups is 2. The molecular weight excluding hydrogens is 328 g/mol. The Morgan fingerprint density at radius 1 is 1.29 bits per heavy atom. The maximum atomic E-state index is 12.3. The molecule has 0 radical (unpaired) electrons. The number of nitrogens with zero attached hydrogens (tertiary/aromatic N) is 1. The molecule has 2 aliphatic rings. The van der Waals surface area contributed by atoms with E-state index in [4.69, 9.17) is 9.47 Å². The summed E-state index contributed by atoms with van der Waals surface area (Å²) in [5.41, 5.74) is 0.802. The molecule has 0 aliphatic carbocycles. The fourth-order valence-electron chi connectivity index (χ4n) is 2.95. The van der Waals surface area contributed by atoms with Gasteiger partial charge in [-0.3, -0.25) is 9.59 Å². The third kappa shape index (κ3) is 2.82. The summed E-state index contributed by atoms with van der Waals surface area (Å²) >= 11 is 1.41. The van der Waals surface area contributed by atoms with Crippen LogP contribution >= 0.6 is 11.3 Å². The summed E-state index contributed by atoms with van der Waals surface area (Å²) in [5.74, 6) is 1.44. The van der Waals surface area contributed by atoms with Crippen LogP contribution in [-0.2, 0) is 4.79 Å². The van der Waals surface area contributed by atoms with Gasteiger partial charge in [-0.1, -0.05) is 6.07 Å². The molecule has 1 aromatic carbocycles. The van der Waals surface area contributed by atoms with Gasteiger partial charge in [-0.05, 0) is 23.6 Å². The number of carbonyl (C=O) groups excluding carboxylic acids is 2. The Balaban J connectivity index is 1.39.